The zero-order chi connectivity index (χ0) is 21.1. The summed E-state index contributed by atoms with van der Waals surface area (Å²) >= 11 is 0. The first-order valence-electron chi connectivity index (χ1n) is 9.25. The standard InChI is InChI=1S/C22H20N4O4/c1-29-17-11-15(12-18(13-17)30-2)24-20(27)14-25-21-19(9-6-10-23-21)22(28)26(25)16-7-4-3-5-8-16/h3-13H,14H2,1-2H3,(H,24,27). The average molecular weight is 404 g/mol. The van der Waals surface area contributed by atoms with Crippen molar-refractivity contribution in [2.75, 3.05) is 19.5 Å². The number of methoxy groups -OCH3 is 2. The van der Waals surface area contributed by atoms with Gasteiger partial charge in [-0.3, -0.25) is 14.3 Å². The number of fused-ring (bicyclic) bond motifs is 1. The van der Waals surface area contributed by atoms with E-state index < -0.39 is 0 Å². The van der Waals surface area contributed by atoms with Crippen LogP contribution in [0.5, 0.6) is 11.5 Å². The predicted octanol–water partition coefficient (Wildman–Crippen LogP) is 2.84. The highest BCUT2D eigenvalue weighted by molar-refractivity contribution is 5.92. The van der Waals surface area contributed by atoms with E-state index in [1.54, 1.807) is 41.2 Å². The van der Waals surface area contributed by atoms with Gasteiger partial charge in [0.1, 0.15) is 18.0 Å². The number of aromatic nitrogens is 3. The van der Waals surface area contributed by atoms with Crippen molar-refractivity contribution in [3.05, 3.63) is 77.2 Å². The smallest absolute Gasteiger partial charge is 0.280 e. The van der Waals surface area contributed by atoms with E-state index in [1.807, 2.05) is 30.3 Å². The molecule has 0 aliphatic rings. The van der Waals surface area contributed by atoms with E-state index in [-0.39, 0.29) is 18.0 Å². The van der Waals surface area contributed by atoms with Gasteiger partial charge < -0.3 is 14.8 Å². The minimum absolute atomic E-state index is 0.107. The number of hydrogen-bond donors (Lipinski definition) is 1. The zero-order valence-electron chi connectivity index (χ0n) is 16.5. The lowest BCUT2D eigenvalue weighted by Gasteiger charge is -2.13. The summed E-state index contributed by atoms with van der Waals surface area (Å²) < 4.78 is 13.5. The lowest BCUT2D eigenvalue weighted by atomic mass is 10.2. The topological polar surface area (TPSA) is 87.4 Å². The third kappa shape index (κ3) is 3.62. The van der Waals surface area contributed by atoms with Crippen LogP contribution in [0.1, 0.15) is 0 Å². The molecule has 0 aliphatic carbocycles. The second-order valence-electron chi connectivity index (χ2n) is 6.53. The molecule has 2 heterocycles. The molecule has 4 rings (SSSR count). The van der Waals surface area contributed by atoms with Crippen molar-refractivity contribution in [3.63, 3.8) is 0 Å². The van der Waals surface area contributed by atoms with Crippen LogP contribution < -0.4 is 20.3 Å². The summed E-state index contributed by atoms with van der Waals surface area (Å²) in [5, 5.41) is 3.27. The summed E-state index contributed by atoms with van der Waals surface area (Å²) in [5.74, 6) is 0.787. The van der Waals surface area contributed by atoms with Gasteiger partial charge in [0.05, 0.1) is 25.3 Å². The van der Waals surface area contributed by atoms with E-state index in [0.717, 1.165) is 0 Å². The molecule has 8 nitrogen and oxygen atoms in total. The molecule has 0 bridgehead atoms. The van der Waals surface area contributed by atoms with Crippen molar-refractivity contribution in [1.29, 1.82) is 0 Å². The molecule has 0 saturated heterocycles. The number of pyridine rings is 1. The number of carbonyl (C=O) groups is 1. The Hall–Kier alpha value is -4.07. The maximum Gasteiger partial charge on any atom is 0.280 e. The van der Waals surface area contributed by atoms with Gasteiger partial charge in [-0.1, -0.05) is 18.2 Å². The molecule has 4 aromatic rings. The first kappa shape index (κ1) is 19.3. The molecular weight excluding hydrogens is 384 g/mol. The Morgan fingerprint density at radius 3 is 2.37 bits per heavy atom. The number of ether oxygens (including phenoxy) is 2. The second kappa shape index (κ2) is 8.12. The van der Waals surface area contributed by atoms with Crippen LogP contribution in [0.15, 0.2) is 71.7 Å². The Kier molecular flexibility index (Phi) is 5.21. The van der Waals surface area contributed by atoms with Gasteiger partial charge in [0.25, 0.3) is 5.56 Å². The summed E-state index contributed by atoms with van der Waals surface area (Å²) in [6.07, 6.45) is 1.60. The monoisotopic (exact) mass is 404 g/mol. The fraction of sp³-hybridized carbons (Fsp3) is 0.136. The van der Waals surface area contributed by atoms with Crippen molar-refractivity contribution in [2.45, 2.75) is 6.54 Å². The van der Waals surface area contributed by atoms with E-state index in [4.69, 9.17) is 9.47 Å². The molecule has 0 saturated carbocycles. The molecule has 0 aliphatic heterocycles. The zero-order valence-corrected chi connectivity index (χ0v) is 16.5. The minimum Gasteiger partial charge on any atom is -0.497 e. The van der Waals surface area contributed by atoms with Crippen LogP contribution in [0.3, 0.4) is 0 Å². The molecule has 152 valence electrons. The molecule has 1 N–H and O–H groups in total. The Bertz CT molecular complexity index is 1240. The lowest BCUT2D eigenvalue weighted by Crippen LogP contribution is -2.27. The quantitative estimate of drug-likeness (QED) is 0.534. The Morgan fingerprint density at radius 2 is 1.70 bits per heavy atom. The van der Waals surface area contributed by atoms with Gasteiger partial charge in [0.15, 0.2) is 5.65 Å². The van der Waals surface area contributed by atoms with Crippen LogP contribution in [-0.4, -0.2) is 34.5 Å². The summed E-state index contributed by atoms with van der Waals surface area (Å²) in [7, 11) is 3.08. The van der Waals surface area contributed by atoms with E-state index in [9.17, 15) is 9.59 Å². The second-order valence-corrected chi connectivity index (χ2v) is 6.53. The summed E-state index contributed by atoms with van der Waals surface area (Å²) in [4.78, 5) is 30.2. The van der Waals surface area contributed by atoms with Crippen molar-refractivity contribution < 1.29 is 14.3 Å². The van der Waals surface area contributed by atoms with Gasteiger partial charge in [-0.05, 0) is 24.3 Å². The summed E-state index contributed by atoms with van der Waals surface area (Å²) in [6, 6.07) is 17.6. The fourth-order valence-electron chi connectivity index (χ4n) is 3.28. The van der Waals surface area contributed by atoms with Crippen LogP contribution in [0.25, 0.3) is 16.7 Å². The molecule has 30 heavy (non-hydrogen) atoms. The van der Waals surface area contributed by atoms with Crippen LogP contribution in [0, 0.1) is 0 Å². The van der Waals surface area contributed by atoms with Gasteiger partial charge in [-0.2, -0.15) is 0 Å². The molecule has 1 amide bonds. The first-order chi connectivity index (χ1) is 14.6. The summed E-state index contributed by atoms with van der Waals surface area (Å²) in [5.41, 5.74) is 1.37. The molecule has 0 fully saturated rings. The first-order valence-corrected chi connectivity index (χ1v) is 9.25. The lowest BCUT2D eigenvalue weighted by molar-refractivity contribution is -0.116. The number of anilines is 1. The minimum atomic E-state index is -0.322. The predicted molar refractivity (Wildman–Crippen MR) is 114 cm³/mol. The van der Waals surface area contributed by atoms with E-state index in [1.165, 1.54) is 18.9 Å². The number of nitrogens with zero attached hydrogens (tertiary/aromatic N) is 3. The molecular formula is C22H20N4O4. The number of nitrogens with one attached hydrogen (secondary N) is 1. The van der Waals surface area contributed by atoms with Crippen LogP contribution in [-0.2, 0) is 11.3 Å². The number of para-hydroxylation sites is 1. The Balaban J connectivity index is 1.72. The number of carbonyl (C=O) groups excluding carboxylic acids is 1. The van der Waals surface area contributed by atoms with Crippen LogP contribution >= 0.6 is 0 Å². The third-order valence-corrected chi connectivity index (χ3v) is 4.62. The third-order valence-electron chi connectivity index (χ3n) is 4.62. The molecule has 8 heteroatoms. The van der Waals surface area contributed by atoms with Gasteiger partial charge >= 0.3 is 0 Å². The largest absolute Gasteiger partial charge is 0.497 e. The molecule has 0 atom stereocenters. The highest BCUT2D eigenvalue weighted by Gasteiger charge is 2.18. The maximum absolute atomic E-state index is 13.0. The molecule has 0 unspecified atom stereocenters. The van der Waals surface area contributed by atoms with E-state index >= 15 is 0 Å². The van der Waals surface area contributed by atoms with Crippen molar-refractivity contribution in [2.24, 2.45) is 0 Å². The highest BCUT2D eigenvalue weighted by Crippen LogP contribution is 2.26. The number of hydrogen-bond acceptors (Lipinski definition) is 5. The Labute approximate surface area is 172 Å². The SMILES string of the molecule is COc1cc(NC(=O)Cn2c3ncccc3c(=O)n2-c2ccccc2)cc(OC)c1. The fourth-order valence-corrected chi connectivity index (χ4v) is 3.28. The van der Waals surface area contributed by atoms with Crippen LogP contribution in [0.2, 0.25) is 0 Å². The molecule has 0 radical (unpaired) electrons. The average Bonchev–Trinajstić information content (AvgIpc) is 3.05. The van der Waals surface area contributed by atoms with Crippen molar-refractivity contribution in [3.8, 4) is 17.2 Å². The highest BCUT2D eigenvalue weighted by atomic mass is 16.5. The molecule has 2 aromatic carbocycles. The molecule has 2 aromatic heterocycles. The van der Waals surface area contributed by atoms with Gasteiger partial charge in [-0.15, -0.1) is 0 Å². The van der Waals surface area contributed by atoms with Gasteiger partial charge in [0.2, 0.25) is 5.91 Å². The van der Waals surface area contributed by atoms with Crippen molar-refractivity contribution >= 4 is 22.6 Å². The number of amides is 1. The number of rotatable bonds is 6. The normalized spacial score (nSPS) is 10.7. The maximum atomic E-state index is 13.0. The number of benzene rings is 2. The van der Waals surface area contributed by atoms with E-state index in [0.29, 0.717) is 33.9 Å². The Morgan fingerprint density at radius 1 is 1.00 bits per heavy atom. The molecule has 0 spiro atoms. The summed E-state index contributed by atoms with van der Waals surface area (Å²) in [6.45, 7) is -0.107. The van der Waals surface area contributed by atoms with E-state index in [2.05, 4.69) is 10.3 Å². The van der Waals surface area contributed by atoms with Crippen molar-refractivity contribution in [1.82, 2.24) is 14.3 Å². The van der Waals surface area contributed by atoms with Gasteiger partial charge in [-0.25, -0.2) is 9.67 Å². The van der Waals surface area contributed by atoms with Crippen LogP contribution in [0.4, 0.5) is 5.69 Å². The van der Waals surface area contributed by atoms with Gasteiger partial charge in [0, 0.05) is 30.1 Å².